The topological polar surface area (TPSA) is 116 Å². The zero-order valence-corrected chi connectivity index (χ0v) is 17.4. The predicted octanol–water partition coefficient (Wildman–Crippen LogP) is 3.58. The van der Waals surface area contributed by atoms with Crippen LogP contribution >= 0.6 is 0 Å². The summed E-state index contributed by atoms with van der Waals surface area (Å²) >= 11 is 0. The van der Waals surface area contributed by atoms with E-state index in [0.717, 1.165) is 0 Å². The van der Waals surface area contributed by atoms with E-state index < -0.39 is 33.0 Å². The second kappa shape index (κ2) is 8.03. The summed E-state index contributed by atoms with van der Waals surface area (Å²) in [7, 11) is -3.91. The third kappa shape index (κ3) is 3.86. The van der Waals surface area contributed by atoms with E-state index >= 15 is 0 Å². The van der Waals surface area contributed by atoms with Gasteiger partial charge in [0.25, 0.3) is 5.69 Å². The van der Waals surface area contributed by atoms with E-state index in [1.165, 1.54) is 29.2 Å². The molecule has 2 heterocycles. The fourth-order valence-electron chi connectivity index (χ4n) is 3.94. The number of carbonyl (C=O) groups excluding carboxylic acids is 1. The van der Waals surface area contributed by atoms with E-state index in [0.29, 0.717) is 12.1 Å². The zero-order chi connectivity index (χ0) is 22.2. The molecule has 9 nitrogen and oxygen atoms in total. The number of allylic oxidation sites excluding steroid dienone is 2. The average molecular weight is 444 g/mol. The summed E-state index contributed by atoms with van der Waals surface area (Å²) in [5.74, 6) is -0.471. The Morgan fingerprint density at radius 2 is 1.77 bits per heavy atom. The number of sulfone groups is 1. The molecule has 31 heavy (non-hydrogen) atoms. The van der Waals surface area contributed by atoms with Gasteiger partial charge in [0, 0.05) is 24.5 Å². The summed E-state index contributed by atoms with van der Waals surface area (Å²) in [6.07, 6.45) is -1.05. The zero-order valence-electron chi connectivity index (χ0n) is 16.6. The van der Waals surface area contributed by atoms with Gasteiger partial charge in [-0.3, -0.25) is 15.0 Å². The monoisotopic (exact) mass is 444 g/mol. The Bertz CT molecular complexity index is 1140. The van der Waals surface area contributed by atoms with Gasteiger partial charge in [-0.05, 0) is 24.6 Å². The molecule has 4 rings (SSSR count). The number of nitrogens with zero attached hydrogens (tertiary/aromatic N) is 2. The lowest BCUT2D eigenvalue weighted by atomic mass is 9.91. The smallest absolute Gasteiger partial charge is 0.412 e. The SMILES string of the molecule is CC1=C(S(=O)(=O)c2ccccc2)[C@@H](c2ccc([N+](=O)[O-])cc2)C[C@@H](N2CCOC2=O)O1. The van der Waals surface area contributed by atoms with Gasteiger partial charge >= 0.3 is 6.09 Å². The van der Waals surface area contributed by atoms with Crippen molar-refractivity contribution in [2.75, 3.05) is 13.2 Å². The van der Waals surface area contributed by atoms with Gasteiger partial charge in [0.05, 0.1) is 21.3 Å². The van der Waals surface area contributed by atoms with Crippen LogP contribution in [0, 0.1) is 10.1 Å². The highest BCUT2D eigenvalue weighted by Crippen LogP contribution is 2.43. The van der Waals surface area contributed by atoms with Gasteiger partial charge in [-0.15, -0.1) is 0 Å². The molecule has 10 heteroatoms. The van der Waals surface area contributed by atoms with E-state index in [9.17, 15) is 23.3 Å². The van der Waals surface area contributed by atoms with Crippen LogP contribution in [0.15, 0.2) is 70.2 Å². The molecule has 1 saturated heterocycles. The van der Waals surface area contributed by atoms with Crippen LogP contribution in [-0.2, 0) is 19.3 Å². The first-order valence-corrected chi connectivity index (χ1v) is 11.1. The maximum absolute atomic E-state index is 13.5. The van der Waals surface area contributed by atoms with Crippen LogP contribution in [-0.4, -0.2) is 43.7 Å². The Kier molecular flexibility index (Phi) is 5.40. The van der Waals surface area contributed by atoms with E-state index in [1.54, 1.807) is 37.3 Å². The van der Waals surface area contributed by atoms with Crippen molar-refractivity contribution in [2.24, 2.45) is 0 Å². The van der Waals surface area contributed by atoms with E-state index in [-0.39, 0.29) is 34.3 Å². The minimum atomic E-state index is -3.91. The summed E-state index contributed by atoms with van der Waals surface area (Å²) < 4.78 is 37.9. The molecule has 0 N–H and O–H groups in total. The summed E-state index contributed by atoms with van der Waals surface area (Å²) in [5, 5.41) is 11.0. The van der Waals surface area contributed by atoms with Gasteiger partial charge in [0.1, 0.15) is 12.4 Å². The lowest BCUT2D eigenvalue weighted by Crippen LogP contribution is -2.42. The van der Waals surface area contributed by atoms with Crippen LogP contribution in [0.2, 0.25) is 0 Å². The number of rotatable bonds is 5. The maximum Gasteiger partial charge on any atom is 0.412 e. The summed E-state index contributed by atoms with van der Waals surface area (Å²) in [4.78, 5) is 24.2. The molecule has 0 saturated carbocycles. The normalized spacial score (nSPS) is 21.6. The first-order chi connectivity index (χ1) is 14.8. The molecular formula is C21H20N2O7S. The Morgan fingerprint density at radius 1 is 1.10 bits per heavy atom. The van der Waals surface area contributed by atoms with E-state index in [4.69, 9.17) is 9.47 Å². The maximum atomic E-state index is 13.5. The van der Waals surface area contributed by atoms with Crippen molar-refractivity contribution in [3.63, 3.8) is 0 Å². The van der Waals surface area contributed by atoms with Crippen LogP contribution in [0.1, 0.15) is 24.8 Å². The summed E-state index contributed by atoms with van der Waals surface area (Å²) in [6, 6.07) is 13.8. The van der Waals surface area contributed by atoms with Crippen LogP contribution in [0.5, 0.6) is 0 Å². The average Bonchev–Trinajstić information content (AvgIpc) is 3.19. The molecule has 2 aliphatic heterocycles. The van der Waals surface area contributed by atoms with Crippen LogP contribution in [0.4, 0.5) is 10.5 Å². The largest absolute Gasteiger partial charge is 0.474 e. The highest BCUT2D eigenvalue weighted by molar-refractivity contribution is 7.95. The van der Waals surface area contributed by atoms with E-state index in [2.05, 4.69) is 0 Å². The molecule has 2 aromatic carbocycles. The lowest BCUT2D eigenvalue weighted by Gasteiger charge is -2.36. The Hall–Kier alpha value is -3.40. The van der Waals surface area contributed by atoms with Crippen LogP contribution in [0.3, 0.4) is 0 Å². The number of nitro groups is 1. The molecule has 1 fully saturated rings. The summed E-state index contributed by atoms with van der Waals surface area (Å²) in [5.41, 5.74) is 0.490. The van der Waals surface area contributed by atoms with Crippen molar-refractivity contribution in [2.45, 2.75) is 30.4 Å². The molecule has 2 aliphatic rings. The van der Waals surface area contributed by atoms with Crippen molar-refractivity contribution in [3.05, 3.63) is 80.9 Å². The quantitative estimate of drug-likeness (QED) is 0.511. The van der Waals surface area contributed by atoms with Crippen LogP contribution in [0.25, 0.3) is 0 Å². The number of nitro benzene ring substituents is 1. The minimum absolute atomic E-state index is 0.0800. The van der Waals surface area contributed by atoms with Crippen molar-refractivity contribution in [1.82, 2.24) is 4.90 Å². The van der Waals surface area contributed by atoms with Gasteiger partial charge in [0.15, 0.2) is 6.23 Å². The number of hydrogen-bond acceptors (Lipinski definition) is 7. The molecule has 0 radical (unpaired) electrons. The second-order valence-electron chi connectivity index (χ2n) is 7.25. The van der Waals surface area contributed by atoms with Gasteiger partial charge in [-0.1, -0.05) is 30.3 Å². The number of cyclic esters (lactones) is 1. The van der Waals surface area contributed by atoms with Crippen molar-refractivity contribution < 1.29 is 27.6 Å². The third-order valence-electron chi connectivity index (χ3n) is 5.40. The molecule has 0 aromatic heterocycles. The highest BCUT2D eigenvalue weighted by Gasteiger charge is 2.42. The van der Waals surface area contributed by atoms with Gasteiger partial charge < -0.3 is 9.47 Å². The van der Waals surface area contributed by atoms with Gasteiger partial charge in [0.2, 0.25) is 9.84 Å². The molecule has 162 valence electrons. The van der Waals surface area contributed by atoms with Gasteiger partial charge in [-0.2, -0.15) is 0 Å². The van der Waals surface area contributed by atoms with E-state index in [1.807, 2.05) is 0 Å². The number of amides is 1. The highest BCUT2D eigenvalue weighted by atomic mass is 32.2. The Labute approximate surface area is 178 Å². The summed E-state index contributed by atoms with van der Waals surface area (Å²) in [6.45, 7) is 2.13. The second-order valence-corrected chi connectivity index (χ2v) is 9.17. The molecular weight excluding hydrogens is 424 g/mol. The van der Waals surface area contributed by atoms with Crippen molar-refractivity contribution in [3.8, 4) is 0 Å². The molecule has 2 aromatic rings. The minimum Gasteiger partial charge on any atom is -0.474 e. The number of carbonyl (C=O) groups is 1. The Balaban J connectivity index is 1.81. The molecule has 0 aliphatic carbocycles. The van der Waals surface area contributed by atoms with Crippen molar-refractivity contribution in [1.29, 1.82) is 0 Å². The lowest BCUT2D eigenvalue weighted by molar-refractivity contribution is -0.384. The first-order valence-electron chi connectivity index (χ1n) is 9.64. The number of ether oxygens (including phenoxy) is 2. The third-order valence-corrected chi connectivity index (χ3v) is 7.45. The standard InChI is InChI=1S/C21H20N2O7S/c1-14-20(31(27,28)17-5-3-2-4-6-17)18(15-7-9-16(10-8-15)23(25)26)13-19(30-14)22-11-12-29-21(22)24/h2-10,18-19H,11-13H2,1H3/t18-,19+/m1/s1. The van der Waals surface area contributed by atoms with Crippen molar-refractivity contribution >= 4 is 21.6 Å². The fourth-order valence-corrected chi connectivity index (χ4v) is 5.74. The molecule has 2 atom stereocenters. The molecule has 0 spiro atoms. The predicted molar refractivity (Wildman–Crippen MR) is 110 cm³/mol. The number of hydrogen-bond donors (Lipinski definition) is 0. The van der Waals surface area contributed by atoms with Gasteiger partial charge in [-0.25, -0.2) is 13.2 Å². The molecule has 0 unspecified atom stereocenters. The first kappa shape index (κ1) is 20.9. The molecule has 1 amide bonds. The molecule has 0 bridgehead atoms. The number of benzene rings is 2. The number of non-ortho nitro benzene ring substituents is 1. The Morgan fingerprint density at radius 3 is 2.35 bits per heavy atom. The fraction of sp³-hybridized carbons (Fsp3) is 0.286. The van der Waals surface area contributed by atoms with Crippen LogP contribution < -0.4 is 0 Å².